The van der Waals surface area contributed by atoms with Crippen LogP contribution in [0.5, 0.6) is 0 Å². The van der Waals surface area contributed by atoms with Crippen LogP contribution in [0.1, 0.15) is 126 Å². The highest BCUT2D eigenvalue weighted by molar-refractivity contribution is 5.73. The second kappa shape index (κ2) is 17.6. The van der Waals surface area contributed by atoms with Crippen molar-refractivity contribution in [3.63, 3.8) is 0 Å². The lowest BCUT2D eigenvalue weighted by atomic mass is 9.79. The van der Waals surface area contributed by atoms with Crippen LogP contribution in [-0.4, -0.2) is 10.9 Å². The lowest BCUT2D eigenvalue weighted by Gasteiger charge is -2.26. The normalized spacial score (nSPS) is 13.6. The minimum absolute atomic E-state index is 0.202. The summed E-state index contributed by atoms with van der Waals surface area (Å²) in [6, 6.07) is 13.7. The average molecular weight is 545 g/mol. The lowest BCUT2D eigenvalue weighted by Crippen LogP contribution is -2.32. The molecule has 0 aromatic carbocycles. The molecule has 0 radical (unpaired) electrons. The molecule has 3 rings (SSSR count). The molecule has 1 amide bonds. The van der Waals surface area contributed by atoms with Crippen molar-refractivity contribution >= 4 is 5.91 Å². The second-order valence-corrected chi connectivity index (χ2v) is 11.5. The maximum absolute atomic E-state index is 10.9. The monoisotopic (exact) mass is 544 g/mol. The van der Waals surface area contributed by atoms with Crippen LogP contribution in [0, 0.1) is 0 Å². The topological polar surface area (TPSA) is 63.7 Å². The van der Waals surface area contributed by atoms with Crippen LogP contribution in [0.25, 0.3) is 0 Å². The summed E-state index contributed by atoms with van der Waals surface area (Å²) < 4.78 is 4.59. The summed E-state index contributed by atoms with van der Waals surface area (Å²) in [5.74, 6) is 1.27. The molecule has 3 unspecified atom stereocenters. The van der Waals surface area contributed by atoms with Gasteiger partial charge in [-0.05, 0) is 85.1 Å². The van der Waals surface area contributed by atoms with Gasteiger partial charge in [-0.1, -0.05) is 33.6 Å². The standard InChI is InChI=1S/C35H51N4O/c1-4-6-7-10-21-38-23-15-31(16-24-38)29(3)27-34(32-13-19-37-20-14-32)28-30(5-2)33-17-25-39(26-18-33)22-11-8-9-12-35(36)40/h13-20,23-26,29-30,34H,4-12,21-22,27-28H2,1-3H3,(H-,36,40)/q+1/p+1. The number of aryl methyl sites for hydroxylation is 2. The fourth-order valence-corrected chi connectivity index (χ4v) is 5.78. The van der Waals surface area contributed by atoms with Crippen LogP contribution in [0.3, 0.4) is 0 Å². The van der Waals surface area contributed by atoms with Gasteiger partial charge in [-0.15, -0.1) is 0 Å². The molecule has 3 aromatic heterocycles. The first kappa shape index (κ1) is 31.4. The van der Waals surface area contributed by atoms with E-state index < -0.39 is 0 Å². The van der Waals surface area contributed by atoms with Gasteiger partial charge in [-0.3, -0.25) is 9.78 Å². The molecule has 3 atom stereocenters. The molecule has 0 aliphatic carbocycles. The van der Waals surface area contributed by atoms with E-state index in [9.17, 15) is 4.79 Å². The molecule has 2 N–H and O–H groups in total. The Bertz CT molecular complexity index is 1100. The summed E-state index contributed by atoms with van der Waals surface area (Å²) >= 11 is 0. The molecule has 0 saturated heterocycles. The number of carbonyl (C=O) groups excluding carboxylic acids is 1. The number of amides is 1. The van der Waals surface area contributed by atoms with E-state index in [-0.39, 0.29) is 5.91 Å². The minimum atomic E-state index is -0.202. The number of nitrogens with zero attached hydrogens (tertiary/aromatic N) is 3. The highest BCUT2D eigenvalue weighted by Gasteiger charge is 2.22. The number of aromatic nitrogens is 3. The third kappa shape index (κ3) is 10.8. The Labute approximate surface area is 242 Å². The van der Waals surface area contributed by atoms with E-state index >= 15 is 0 Å². The summed E-state index contributed by atoms with van der Waals surface area (Å²) in [6.45, 7) is 9.04. The van der Waals surface area contributed by atoms with E-state index in [0.717, 1.165) is 51.6 Å². The Balaban J connectivity index is 1.62. The zero-order chi connectivity index (χ0) is 28.6. The third-order valence-corrected chi connectivity index (χ3v) is 8.36. The van der Waals surface area contributed by atoms with Crippen molar-refractivity contribution in [3.8, 4) is 0 Å². The molecule has 3 heterocycles. The van der Waals surface area contributed by atoms with Gasteiger partial charge in [-0.25, -0.2) is 9.13 Å². The number of hydrogen-bond acceptors (Lipinski definition) is 2. The van der Waals surface area contributed by atoms with Gasteiger partial charge in [0.15, 0.2) is 24.8 Å². The summed E-state index contributed by atoms with van der Waals surface area (Å²) in [5, 5.41) is 0. The first-order valence-corrected chi connectivity index (χ1v) is 15.7. The fourth-order valence-electron chi connectivity index (χ4n) is 5.78. The molecule has 3 aromatic rings. The van der Waals surface area contributed by atoms with Crippen LogP contribution < -0.4 is 14.9 Å². The highest BCUT2D eigenvalue weighted by Crippen LogP contribution is 2.38. The smallest absolute Gasteiger partial charge is 0.217 e. The number of hydrogen-bond donors (Lipinski definition) is 1. The summed E-state index contributed by atoms with van der Waals surface area (Å²) in [7, 11) is 0. The Morgan fingerprint density at radius 3 is 1.82 bits per heavy atom. The zero-order valence-corrected chi connectivity index (χ0v) is 25.2. The van der Waals surface area contributed by atoms with Gasteiger partial charge in [0, 0.05) is 55.9 Å². The maximum atomic E-state index is 10.9. The van der Waals surface area contributed by atoms with Gasteiger partial charge in [0.2, 0.25) is 5.91 Å². The Morgan fingerprint density at radius 1 is 0.725 bits per heavy atom. The van der Waals surface area contributed by atoms with Crippen molar-refractivity contribution in [1.29, 1.82) is 0 Å². The predicted octanol–water partition coefficient (Wildman–Crippen LogP) is 7.14. The molecule has 0 aliphatic heterocycles. The molecule has 0 bridgehead atoms. The zero-order valence-electron chi connectivity index (χ0n) is 25.2. The van der Waals surface area contributed by atoms with Crippen LogP contribution in [-0.2, 0) is 17.9 Å². The first-order chi connectivity index (χ1) is 19.5. The van der Waals surface area contributed by atoms with Gasteiger partial charge < -0.3 is 5.73 Å². The first-order valence-electron chi connectivity index (χ1n) is 15.7. The number of rotatable bonds is 19. The second-order valence-electron chi connectivity index (χ2n) is 11.5. The van der Waals surface area contributed by atoms with Crippen molar-refractivity contribution in [1.82, 2.24) is 4.98 Å². The van der Waals surface area contributed by atoms with Crippen molar-refractivity contribution in [2.45, 2.75) is 122 Å². The third-order valence-electron chi connectivity index (χ3n) is 8.36. The Kier molecular flexibility index (Phi) is 13.8. The number of pyridine rings is 3. The van der Waals surface area contributed by atoms with E-state index in [0.29, 0.717) is 24.2 Å². The number of nitrogens with two attached hydrogens (primary N) is 1. The van der Waals surface area contributed by atoms with E-state index in [2.05, 4.69) is 96.1 Å². The van der Waals surface area contributed by atoms with E-state index in [1.54, 1.807) is 0 Å². The van der Waals surface area contributed by atoms with Gasteiger partial charge in [0.1, 0.15) is 13.1 Å². The number of primary amides is 1. The SMILES string of the molecule is CCCCCC[n+]1ccc(C(C)CC(CC(CC)c2cc[n+](CCCCCC(N)=O)cc2)c2ccncc2)cc1. The number of carbonyl (C=O) groups is 1. The van der Waals surface area contributed by atoms with Crippen LogP contribution >= 0.6 is 0 Å². The van der Waals surface area contributed by atoms with Gasteiger partial charge in [-0.2, -0.15) is 0 Å². The summed E-state index contributed by atoms with van der Waals surface area (Å²) in [6.07, 6.45) is 24.9. The van der Waals surface area contributed by atoms with Crippen LogP contribution in [0.2, 0.25) is 0 Å². The molecule has 0 aliphatic rings. The van der Waals surface area contributed by atoms with Gasteiger partial charge in [0.05, 0.1) is 0 Å². The molecule has 5 heteroatoms. The van der Waals surface area contributed by atoms with Crippen molar-refractivity contribution in [2.75, 3.05) is 0 Å². The summed E-state index contributed by atoms with van der Waals surface area (Å²) in [5.41, 5.74) is 9.49. The molecule has 216 valence electrons. The largest absolute Gasteiger partial charge is 0.370 e. The lowest BCUT2D eigenvalue weighted by molar-refractivity contribution is -0.697. The van der Waals surface area contributed by atoms with E-state index in [1.807, 2.05) is 12.4 Å². The van der Waals surface area contributed by atoms with Crippen molar-refractivity contribution in [2.24, 2.45) is 5.73 Å². The fraction of sp³-hybridized carbons (Fsp3) is 0.543. The molecule has 0 saturated carbocycles. The van der Waals surface area contributed by atoms with Gasteiger partial charge >= 0.3 is 0 Å². The molecule has 40 heavy (non-hydrogen) atoms. The van der Waals surface area contributed by atoms with Crippen molar-refractivity contribution in [3.05, 3.63) is 90.3 Å². The highest BCUT2D eigenvalue weighted by atomic mass is 16.1. The van der Waals surface area contributed by atoms with Crippen LogP contribution in [0.4, 0.5) is 0 Å². The quantitative estimate of drug-likeness (QED) is 0.129. The van der Waals surface area contributed by atoms with Crippen molar-refractivity contribution < 1.29 is 13.9 Å². The summed E-state index contributed by atoms with van der Waals surface area (Å²) in [4.78, 5) is 15.2. The maximum Gasteiger partial charge on any atom is 0.217 e. The average Bonchev–Trinajstić information content (AvgIpc) is 2.98. The number of unbranched alkanes of at least 4 members (excludes halogenated alkanes) is 5. The molecular weight excluding hydrogens is 492 g/mol. The van der Waals surface area contributed by atoms with E-state index in [4.69, 9.17) is 5.73 Å². The molecular formula is C35H52N4O+2. The molecule has 0 spiro atoms. The minimum Gasteiger partial charge on any atom is -0.370 e. The van der Waals surface area contributed by atoms with Gasteiger partial charge in [0.25, 0.3) is 0 Å². The molecule has 0 fully saturated rings. The van der Waals surface area contributed by atoms with E-state index in [1.165, 1.54) is 42.4 Å². The Hall–Kier alpha value is -3.08. The van der Waals surface area contributed by atoms with Crippen LogP contribution in [0.15, 0.2) is 73.6 Å². The predicted molar refractivity (Wildman–Crippen MR) is 163 cm³/mol. The molecule has 5 nitrogen and oxygen atoms in total. The Morgan fingerprint density at radius 2 is 1.27 bits per heavy atom.